The quantitative estimate of drug-likeness (QED) is 0.870. The Morgan fingerprint density at radius 1 is 1.10 bits per heavy atom. The van der Waals surface area contributed by atoms with Crippen LogP contribution in [0.5, 0.6) is 0 Å². The van der Waals surface area contributed by atoms with Crippen molar-refractivity contribution >= 4 is 17.5 Å². The molecule has 1 aromatic heterocycles. The van der Waals surface area contributed by atoms with E-state index >= 15 is 0 Å². The molecule has 20 heavy (non-hydrogen) atoms. The van der Waals surface area contributed by atoms with Gasteiger partial charge in [-0.3, -0.25) is 0 Å². The summed E-state index contributed by atoms with van der Waals surface area (Å²) in [5, 5.41) is 12.3. The molecule has 0 atom stereocenters. The lowest BCUT2D eigenvalue weighted by Crippen LogP contribution is -2.05. The fraction of sp³-hybridized carbons (Fsp3) is 0.250. The zero-order chi connectivity index (χ0) is 14.5. The lowest BCUT2D eigenvalue weighted by atomic mass is 10.0. The van der Waals surface area contributed by atoms with Gasteiger partial charge in [-0.1, -0.05) is 38.1 Å². The Kier molecular flexibility index (Phi) is 4.35. The van der Waals surface area contributed by atoms with Crippen LogP contribution >= 0.6 is 0 Å². The van der Waals surface area contributed by atoms with E-state index in [2.05, 4.69) is 36.3 Å². The second-order valence-electron chi connectivity index (χ2n) is 4.50. The van der Waals surface area contributed by atoms with Gasteiger partial charge in [-0.15, -0.1) is 0 Å². The molecule has 1 aromatic carbocycles. The number of benzene rings is 1. The minimum Gasteiger partial charge on any atom is -0.477 e. The second kappa shape index (κ2) is 6.19. The number of carbonyl (C=O) groups is 1. The largest absolute Gasteiger partial charge is 0.477 e. The number of pyridine rings is 1. The summed E-state index contributed by atoms with van der Waals surface area (Å²) in [4.78, 5) is 15.1. The van der Waals surface area contributed by atoms with Crippen LogP contribution in [0.25, 0.3) is 0 Å². The van der Waals surface area contributed by atoms with E-state index in [1.165, 1.54) is 17.2 Å². The van der Waals surface area contributed by atoms with E-state index in [1.54, 1.807) is 12.1 Å². The summed E-state index contributed by atoms with van der Waals surface area (Å²) < 4.78 is 0. The number of para-hydroxylation sites is 1. The van der Waals surface area contributed by atoms with Crippen molar-refractivity contribution in [3.8, 4) is 0 Å². The molecule has 2 aromatic rings. The number of aromatic nitrogens is 1. The van der Waals surface area contributed by atoms with Crippen molar-refractivity contribution in [2.75, 3.05) is 5.32 Å². The Hall–Kier alpha value is -2.36. The van der Waals surface area contributed by atoms with E-state index in [9.17, 15) is 4.79 Å². The first-order valence-corrected chi connectivity index (χ1v) is 6.73. The van der Waals surface area contributed by atoms with Gasteiger partial charge < -0.3 is 10.4 Å². The maximum atomic E-state index is 11.0. The van der Waals surface area contributed by atoms with Gasteiger partial charge >= 0.3 is 5.97 Å². The van der Waals surface area contributed by atoms with Gasteiger partial charge in [0.25, 0.3) is 0 Å². The molecule has 0 spiro atoms. The van der Waals surface area contributed by atoms with Crippen molar-refractivity contribution in [2.45, 2.75) is 26.7 Å². The molecule has 0 saturated carbocycles. The molecule has 1 heterocycles. The number of anilines is 2. The second-order valence-corrected chi connectivity index (χ2v) is 4.50. The molecule has 0 bridgehead atoms. The molecule has 0 aliphatic heterocycles. The number of aryl methyl sites for hydroxylation is 2. The summed E-state index contributed by atoms with van der Waals surface area (Å²) in [6.45, 7) is 4.20. The van der Waals surface area contributed by atoms with E-state index in [0.717, 1.165) is 18.5 Å². The molecule has 0 unspecified atom stereocenters. The van der Waals surface area contributed by atoms with Gasteiger partial charge in [0.15, 0.2) is 5.69 Å². The van der Waals surface area contributed by atoms with Crippen molar-refractivity contribution in [1.29, 1.82) is 0 Å². The van der Waals surface area contributed by atoms with E-state index in [1.807, 2.05) is 6.07 Å². The van der Waals surface area contributed by atoms with Crippen molar-refractivity contribution in [2.24, 2.45) is 0 Å². The molecular weight excluding hydrogens is 252 g/mol. The molecule has 0 aliphatic rings. The Balaban J connectivity index is 2.39. The summed E-state index contributed by atoms with van der Waals surface area (Å²) >= 11 is 0. The van der Waals surface area contributed by atoms with Crippen LogP contribution in [-0.2, 0) is 12.8 Å². The molecule has 0 aliphatic carbocycles. The Morgan fingerprint density at radius 2 is 1.70 bits per heavy atom. The summed E-state index contributed by atoms with van der Waals surface area (Å²) in [6.07, 6.45) is 1.82. The lowest BCUT2D eigenvalue weighted by molar-refractivity contribution is 0.0690. The van der Waals surface area contributed by atoms with Crippen LogP contribution in [0.2, 0.25) is 0 Å². The molecule has 2 rings (SSSR count). The third-order valence-electron chi connectivity index (χ3n) is 3.22. The normalized spacial score (nSPS) is 10.3. The molecule has 0 radical (unpaired) electrons. The molecular formula is C16H18N2O2. The standard InChI is InChI=1S/C16H18N2O2/c1-3-11-7-5-8-12(4-2)15(11)18-14-10-6-9-13(17-14)16(19)20/h5-10H,3-4H2,1-2H3,(H,17,18)(H,19,20). The Morgan fingerprint density at radius 3 is 2.25 bits per heavy atom. The number of carboxylic acid groups (broad SMARTS) is 1. The molecule has 2 N–H and O–H groups in total. The average Bonchev–Trinajstić information content (AvgIpc) is 2.47. The molecule has 0 saturated heterocycles. The van der Waals surface area contributed by atoms with E-state index < -0.39 is 5.97 Å². The highest BCUT2D eigenvalue weighted by Gasteiger charge is 2.09. The number of carboxylic acids is 1. The number of aromatic carboxylic acids is 1. The van der Waals surface area contributed by atoms with Crippen LogP contribution in [0.15, 0.2) is 36.4 Å². The maximum Gasteiger partial charge on any atom is 0.354 e. The molecule has 0 fully saturated rings. The minimum absolute atomic E-state index is 0.0435. The third-order valence-corrected chi connectivity index (χ3v) is 3.22. The van der Waals surface area contributed by atoms with E-state index in [0.29, 0.717) is 5.82 Å². The number of hydrogen-bond donors (Lipinski definition) is 2. The van der Waals surface area contributed by atoms with Crippen molar-refractivity contribution in [3.63, 3.8) is 0 Å². The number of hydrogen-bond acceptors (Lipinski definition) is 3. The zero-order valence-electron chi connectivity index (χ0n) is 11.7. The van der Waals surface area contributed by atoms with Crippen LogP contribution in [0, 0.1) is 0 Å². The first-order chi connectivity index (χ1) is 9.65. The summed E-state index contributed by atoms with van der Waals surface area (Å²) in [7, 11) is 0. The van der Waals surface area contributed by atoms with Gasteiger partial charge in [0.1, 0.15) is 5.82 Å². The van der Waals surface area contributed by atoms with Gasteiger partial charge in [-0.05, 0) is 36.1 Å². The molecule has 104 valence electrons. The van der Waals surface area contributed by atoms with Crippen LogP contribution in [0.3, 0.4) is 0 Å². The van der Waals surface area contributed by atoms with E-state index in [4.69, 9.17) is 5.11 Å². The Bertz CT molecular complexity index is 601. The molecule has 4 nitrogen and oxygen atoms in total. The van der Waals surface area contributed by atoms with Gasteiger partial charge in [-0.25, -0.2) is 9.78 Å². The van der Waals surface area contributed by atoms with E-state index in [-0.39, 0.29) is 5.69 Å². The highest BCUT2D eigenvalue weighted by atomic mass is 16.4. The lowest BCUT2D eigenvalue weighted by Gasteiger charge is -2.15. The highest BCUT2D eigenvalue weighted by Crippen LogP contribution is 2.25. The number of rotatable bonds is 5. The minimum atomic E-state index is -1.02. The fourth-order valence-corrected chi connectivity index (χ4v) is 2.15. The Labute approximate surface area is 118 Å². The monoisotopic (exact) mass is 270 g/mol. The predicted octanol–water partition coefficient (Wildman–Crippen LogP) is 3.65. The first kappa shape index (κ1) is 14.1. The fourth-order valence-electron chi connectivity index (χ4n) is 2.15. The van der Waals surface area contributed by atoms with Crippen LogP contribution in [0.4, 0.5) is 11.5 Å². The SMILES string of the molecule is CCc1cccc(CC)c1Nc1cccc(C(=O)O)n1. The summed E-state index contributed by atoms with van der Waals surface area (Å²) in [5.41, 5.74) is 3.48. The van der Waals surface area contributed by atoms with Crippen LogP contribution in [-0.4, -0.2) is 16.1 Å². The van der Waals surface area contributed by atoms with Crippen LogP contribution < -0.4 is 5.32 Å². The van der Waals surface area contributed by atoms with Crippen LogP contribution in [0.1, 0.15) is 35.5 Å². The average molecular weight is 270 g/mol. The third kappa shape index (κ3) is 2.96. The maximum absolute atomic E-state index is 11.0. The first-order valence-electron chi connectivity index (χ1n) is 6.73. The molecule has 0 amide bonds. The summed E-state index contributed by atoms with van der Waals surface area (Å²) in [5.74, 6) is -0.464. The predicted molar refractivity (Wildman–Crippen MR) is 79.7 cm³/mol. The number of nitrogens with one attached hydrogen (secondary N) is 1. The summed E-state index contributed by atoms with van der Waals surface area (Å²) in [6, 6.07) is 11.1. The smallest absolute Gasteiger partial charge is 0.354 e. The topological polar surface area (TPSA) is 62.2 Å². The van der Waals surface area contributed by atoms with Crippen molar-refractivity contribution < 1.29 is 9.90 Å². The van der Waals surface area contributed by atoms with Gasteiger partial charge in [0.05, 0.1) is 0 Å². The van der Waals surface area contributed by atoms with Gasteiger partial charge in [0, 0.05) is 5.69 Å². The highest BCUT2D eigenvalue weighted by molar-refractivity contribution is 5.86. The van der Waals surface area contributed by atoms with Crippen molar-refractivity contribution in [3.05, 3.63) is 53.2 Å². The number of nitrogens with zero attached hydrogens (tertiary/aromatic N) is 1. The zero-order valence-corrected chi connectivity index (χ0v) is 11.7. The van der Waals surface area contributed by atoms with Gasteiger partial charge in [-0.2, -0.15) is 0 Å². The van der Waals surface area contributed by atoms with Gasteiger partial charge in [0.2, 0.25) is 0 Å². The van der Waals surface area contributed by atoms with Crippen molar-refractivity contribution in [1.82, 2.24) is 4.98 Å². The molecule has 4 heteroatoms.